The van der Waals surface area contributed by atoms with E-state index in [0.29, 0.717) is 37.4 Å². The van der Waals surface area contributed by atoms with Gasteiger partial charge >= 0.3 is 0 Å². The lowest BCUT2D eigenvalue weighted by Gasteiger charge is -2.25. The van der Waals surface area contributed by atoms with Gasteiger partial charge in [0.05, 0.1) is 13.2 Å². The molecule has 6 heteroatoms. The molecule has 0 saturated carbocycles. The summed E-state index contributed by atoms with van der Waals surface area (Å²) in [5, 5.41) is 12.2. The topological polar surface area (TPSA) is 78.9 Å². The minimum absolute atomic E-state index is 0.0124. The second-order valence-electron chi connectivity index (χ2n) is 7.28. The number of carbonyl (C=O) groups excluding carboxylic acids is 2. The van der Waals surface area contributed by atoms with Crippen LogP contribution >= 0.6 is 0 Å². The Morgan fingerprint density at radius 3 is 2.79 bits per heavy atom. The van der Waals surface area contributed by atoms with Crippen molar-refractivity contribution in [1.82, 2.24) is 10.2 Å². The molecule has 2 amide bonds. The number of benzene rings is 2. The third kappa shape index (κ3) is 3.60. The standard InChI is InChI=1S/C22H24N2O4/c25-13-15-5-3-6-16(11-15)14-28-20-9-4-7-17-18(20)12-24(22(17)27)19-8-1-2-10-23-21(19)26/h3-7,9,11,19,25H,1-2,8,10,12-14H2,(H,23,26)/t19-/m0/s1. The molecule has 28 heavy (non-hydrogen) atoms. The summed E-state index contributed by atoms with van der Waals surface area (Å²) in [6.07, 6.45) is 2.56. The number of ether oxygens (including phenoxy) is 1. The van der Waals surface area contributed by atoms with Crippen molar-refractivity contribution in [2.45, 2.75) is 45.1 Å². The summed E-state index contributed by atoms with van der Waals surface area (Å²) in [6.45, 7) is 1.40. The summed E-state index contributed by atoms with van der Waals surface area (Å²) in [4.78, 5) is 27.0. The van der Waals surface area contributed by atoms with Crippen molar-refractivity contribution in [3.8, 4) is 5.75 Å². The van der Waals surface area contributed by atoms with Gasteiger partial charge in [-0.2, -0.15) is 0 Å². The van der Waals surface area contributed by atoms with Crippen LogP contribution < -0.4 is 10.1 Å². The van der Waals surface area contributed by atoms with Crippen LogP contribution in [-0.2, 0) is 24.6 Å². The van der Waals surface area contributed by atoms with E-state index in [4.69, 9.17) is 4.74 Å². The number of nitrogens with one attached hydrogen (secondary N) is 1. The number of aliphatic hydroxyl groups is 1. The molecule has 1 saturated heterocycles. The van der Waals surface area contributed by atoms with E-state index in [0.717, 1.165) is 29.5 Å². The zero-order chi connectivity index (χ0) is 19.5. The highest BCUT2D eigenvalue weighted by Gasteiger charge is 2.38. The van der Waals surface area contributed by atoms with E-state index in [1.54, 1.807) is 11.0 Å². The molecule has 2 N–H and O–H groups in total. The van der Waals surface area contributed by atoms with Gasteiger partial charge in [-0.1, -0.05) is 30.3 Å². The van der Waals surface area contributed by atoms with Gasteiger partial charge in [0.15, 0.2) is 0 Å². The predicted octanol–water partition coefficient (Wildman–Crippen LogP) is 2.38. The second-order valence-corrected chi connectivity index (χ2v) is 7.28. The molecule has 0 spiro atoms. The fourth-order valence-corrected chi connectivity index (χ4v) is 3.91. The van der Waals surface area contributed by atoms with E-state index in [9.17, 15) is 14.7 Å². The summed E-state index contributed by atoms with van der Waals surface area (Å²) in [5.74, 6) is 0.489. The van der Waals surface area contributed by atoms with Gasteiger partial charge in [0.1, 0.15) is 18.4 Å². The Morgan fingerprint density at radius 2 is 1.93 bits per heavy atom. The lowest BCUT2D eigenvalue weighted by atomic mass is 10.1. The Bertz CT molecular complexity index is 896. The Hall–Kier alpha value is -2.86. The van der Waals surface area contributed by atoms with Gasteiger partial charge in [0, 0.05) is 17.7 Å². The smallest absolute Gasteiger partial charge is 0.255 e. The first-order valence-electron chi connectivity index (χ1n) is 9.69. The van der Waals surface area contributed by atoms with Crippen LogP contribution in [0.1, 0.15) is 46.3 Å². The largest absolute Gasteiger partial charge is 0.489 e. The average molecular weight is 380 g/mol. The Labute approximate surface area is 164 Å². The molecule has 2 aromatic rings. The van der Waals surface area contributed by atoms with Gasteiger partial charge in [0.2, 0.25) is 5.91 Å². The van der Waals surface area contributed by atoms with Crippen molar-refractivity contribution < 1.29 is 19.4 Å². The first kappa shape index (κ1) is 18.5. The van der Waals surface area contributed by atoms with Crippen molar-refractivity contribution >= 4 is 11.8 Å². The lowest BCUT2D eigenvalue weighted by molar-refractivity contribution is -0.125. The summed E-state index contributed by atoms with van der Waals surface area (Å²) < 4.78 is 6.01. The van der Waals surface area contributed by atoms with Crippen molar-refractivity contribution in [1.29, 1.82) is 0 Å². The van der Waals surface area contributed by atoms with Gasteiger partial charge in [-0.3, -0.25) is 9.59 Å². The van der Waals surface area contributed by atoms with Gasteiger partial charge < -0.3 is 20.1 Å². The van der Waals surface area contributed by atoms with E-state index >= 15 is 0 Å². The molecule has 2 aromatic carbocycles. The molecular formula is C22H24N2O4. The van der Waals surface area contributed by atoms with Gasteiger partial charge in [-0.25, -0.2) is 0 Å². The third-order valence-corrected chi connectivity index (χ3v) is 5.40. The van der Waals surface area contributed by atoms with Crippen LogP contribution in [-0.4, -0.2) is 34.4 Å². The normalized spacial score (nSPS) is 19.2. The maximum Gasteiger partial charge on any atom is 0.255 e. The molecular weight excluding hydrogens is 356 g/mol. The number of fused-ring (bicyclic) bond motifs is 1. The minimum Gasteiger partial charge on any atom is -0.489 e. The quantitative estimate of drug-likeness (QED) is 0.835. The van der Waals surface area contributed by atoms with Crippen LogP contribution in [0, 0.1) is 0 Å². The number of hydrogen-bond donors (Lipinski definition) is 2. The number of aliphatic hydroxyl groups excluding tert-OH is 1. The molecule has 0 radical (unpaired) electrons. The predicted molar refractivity (Wildman–Crippen MR) is 104 cm³/mol. The SMILES string of the molecule is O=C1NCCCC[C@@H]1N1Cc2c(OCc3cccc(CO)c3)cccc2C1=O. The molecule has 1 fully saturated rings. The monoisotopic (exact) mass is 380 g/mol. The van der Waals surface area contributed by atoms with Gasteiger partial charge in [-0.15, -0.1) is 0 Å². The highest BCUT2D eigenvalue weighted by atomic mass is 16.5. The molecule has 4 rings (SSSR count). The van der Waals surface area contributed by atoms with Crippen LogP contribution in [0.15, 0.2) is 42.5 Å². The van der Waals surface area contributed by atoms with Crippen molar-refractivity contribution in [3.05, 3.63) is 64.7 Å². The van der Waals surface area contributed by atoms with Crippen LogP contribution in [0.4, 0.5) is 0 Å². The van der Waals surface area contributed by atoms with E-state index < -0.39 is 6.04 Å². The molecule has 0 unspecified atom stereocenters. The van der Waals surface area contributed by atoms with E-state index in [2.05, 4.69) is 5.32 Å². The van der Waals surface area contributed by atoms with E-state index in [-0.39, 0.29) is 18.4 Å². The summed E-state index contributed by atoms with van der Waals surface area (Å²) in [7, 11) is 0. The molecule has 1 atom stereocenters. The molecule has 0 aromatic heterocycles. The number of hydrogen-bond acceptors (Lipinski definition) is 4. The maximum atomic E-state index is 12.9. The van der Waals surface area contributed by atoms with Crippen LogP contribution in [0.25, 0.3) is 0 Å². The molecule has 6 nitrogen and oxygen atoms in total. The first-order chi connectivity index (χ1) is 13.7. The highest BCUT2D eigenvalue weighted by Crippen LogP contribution is 2.33. The molecule has 146 valence electrons. The Kier molecular flexibility index (Phi) is 5.30. The summed E-state index contributed by atoms with van der Waals surface area (Å²) >= 11 is 0. The molecule has 0 aliphatic carbocycles. The van der Waals surface area contributed by atoms with Gasteiger partial charge in [-0.05, 0) is 42.5 Å². The third-order valence-electron chi connectivity index (χ3n) is 5.40. The molecule has 2 aliphatic heterocycles. The van der Waals surface area contributed by atoms with E-state index in [1.165, 1.54) is 0 Å². The molecule has 2 aliphatic rings. The molecule has 2 heterocycles. The first-order valence-corrected chi connectivity index (χ1v) is 9.69. The van der Waals surface area contributed by atoms with Crippen molar-refractivity contribution in [3.63, 3.8) is 0 Å². The van der Waals surface area contributed by atoms with Crippen LogP contribution in [0.5, 0.6) is 5.75 Å². The Balaban J connectivity index is 1.53. The summed E-state index contributed by atoms with van der Waals surface area (Å²) in [5.41, 5.74) is 3.23. The zero-order valence-corrected chi connectivity index (χ0v) is 15.7. The van der Waals surface area contributed by atoms with Crippen molar-refractivity contribution in [2.24, 2.45) is 0 Å². The number of carbonyl (C=O) groups is 2. The van der Waals surface area contributed by atoms with Crippen LogP contribution in [0.3, 0.4) is 0 Å². The second kappa shape index (κ2) is 8.02. The fourth-order valence-electron chi connectivity index (χ4n) is 3.91. The summed E-state index contributed by atoms with van der Waals surface area (Å²) in [6, 6.07) is 12.6. The minimum atomic E-state index is -0.420. The maximum absolute atomic E-state index is 12.9. The van der Waals surface area contributed by atoms with Crippen LogP contribution in [0.2, 0.25) is 0 Å². The zero-order valence-electron chi connectivity index (χ0n) is 15.7. The van der Waals surface area contributed by atoms with E-state index in [1.807, 2.05) is 36.4 Å². The number of rotatable bonds is 5. The lowest BCUT2D eigenvalue weighted by Crippen LogP contribution is -2.45. The average Bonchev–Trinajstić information content (AvgIpc) is 2.91. The highest BCUT2D eigenvalue weighted by molar-refractivity contribution is 6.01. The number of amides is 2. The van der Waals surface area contributed by atoms with Gasteiger partial charge in [0.25, 0.3) is 5.91 Å². The fraction of sp³-hybridized carbons (Fsp3) is 0.364. The number of nitrogens with zero attached hydrogens (tertiary/aromatic N) is 1. The van der Waals surface area contributed by atoms with Crippen molar-refractivity contribution in [2.75, 3.05) is 6.54 Å². The molecule has 0 bridgehead atoms. The Morgan fingerprint density at radius 1 is 1.11 bits per heavy atom.